The van der Waals surface area contributed by atoms with Gasteiger partial charge in [-0.25, -0.2) is 9.50 Å². The zero-order valence-corrected chi connectivity index (χ0v) is 14.0. The summed E-state index contributed by atoms with van der Waals surface area (Å²) in [5, 5.41) is 13.5. The molecule has 5 rings (SSSR count). The van der Waals surface area contributed by atoms with Gasteiger partial charge in [0.05, 0.1) is 35.0 Å². The fourth-order valence-corrected chi connectivity index (χ4v) is 4.02. The number of aryl methyl sites for hydroxylation is 1. The van der Waals surface area contributed by atoms with Crippen LogP contribution in [0.2, 0.25) is 0 Å². The lowest BCUT2D eigenvalue weighted by atomic mass is 10.2. The third-order valence-electron chi connectivity index (χ3n) is 3.98. The minimum Gasteiger partial charge on any atom is -0.472 e. The maximum absolute atomic E-state index is 5.24. The van der Waals surface area contributed by atoms with E-state index in [-0.39, 0.29) is 0 Å². The van der Waals surface area contributed by atoms with Gasteiger partial charge in [-0.2, -0.15) is 5.10 Å². The Labute approximate surface area is 146 Å². The van der Waals surface area contributed by atoms with E-state index in [0.29, 0.717) is 5.82 Å². The normalized spacial score (nSPS) is 11.4. The molecular formula is C17H12N6OS. The molecule has 5 aromatic heterocycles. The second-order valence-electron chi connectivity index (χ2n) is 5.54. The number of hydrogen-bond acceptors (Lipinski definition) is 6. The van der Waals surface area contributed by atoms with Gasteiger partial charge in [-0.05, 0) is 25.1 Å². The molecule has 0 fully saturated rings. The third-order valence-corrected chi connectivity index (χ3v) is 5.06. The average molecular weight is 348 g/mol. The zero-order valence-electron chi connectivity index (χ0n) is 13.2. The van der Waals surface area contributed by atoms with Crippen molar-refractivity contribution in [2.75, 3.05) is 0 Å². The van der Waals surface area contributed by atoms with E-state index in [1.165, 1.54) is 0 Å². The lowest BCUT2D eigenvalue weighted by molar-refractivity contribution is 0.568. The van der Waals surface area contributed by atoms with Gasteiger partial charge in [0.2, 0.25) is 0 Å². The van der Waals surface area contributed by atoms with E-state index in [1.54, 1.807) is 30.2 Å². The van der Waals surface area contributed by atoms with E-state index in [0.717, 1.165) is 37.9 Å². The van der Waals surface area contributed by atoms with Crippen LogP contribution in [0.25, 0.3) is 38.0 Å². The molecule has 5 aromatic rings. The van der Waals surface area contributed by atoms with Crippen molar-refractivity contribution in [3.63, 3.8) is 0 Å². The van der Waals surface area contributed by atoms with Crippen molar-refractivity contribution in [2.24, 2.45) is 0 Å². The van der Waals surface area contributed by atoms with E-state index >= 15 is 0 Å². The van der Waals surface area contributed by atoms with E-state index in [1.807, 2.05) is 41.9 Å². The minimum absolute atomic E-state index is 0.689. The van der Waals surface area contributed by atoms with Crippen molar-refractivity contribution in [2.45, 2.75) is 6.92 Å². The summed E-state index contributed by atoms with van der Waals surface area (Å²) in [6.07, 6.45) is 6.82. The molecule has 0 unspecified atom stereocenters. The largest absolute Gasteiger partial charge is 0.472 e. The molecule has 0 saturated carbocycles. The highest BCUT2D eigenvalue weighted by molar-refractivity contribution is 7.19. The lowest BCUT2D eigenvalue weighted by Crippen LogP contribution is -1.83. The van der Waals surface area contributed by atoms with Crippen molar-refractivity contribution in [3.05, 3.63) is 55.0 Å². The van der Waals surface area contributed by atoms with Crippen LogP contribution in [0.3, 0.4) is 0 Å². The zero-order chi connectivity index (χ0) is 16.8. The number of nitrogens with zero attached hydrogens (tertiary/aromatic N) is 5. The van der Waals surface area contributed by atoms with Crippen LogP contribution in [0.5, 0.6) is 0 Å². The van der Waals surface area contributed by atoms with Gasteiger partial charge in [0.25, 0.3) is 0 Å². The topological polar surface area (TPSA) is 84.9 Å². The first kappa shape index (κ1) is 14.1. The highest BCUT2D eigenvalue weighted by Gasteiger charge is 2.22. The predicted molar refractivity (Wildman–Crippen MR) is 94.1 cm³/mol. The average Bonchev–Trinajstić information content (AvgIpc) is 3.38. The molecule has 7 nitrogen and oxygen atoms in total. The molecule has 0 amide bonds. The highest BCUT2D eigenvalue weighted by Crippen LogP contribution is 2.41. The quantitative estimate of drug-likeness (QED) is 0.536. The molecule has 0 bridgehead atoms. The molecule has 0 aliphatic heterocycles. The molecule has 0 aromatic carbocycles. The number of furan rings is 1. The van der Waals surface area contributed by atoms with Gasteiger partial charge in [0, 0.05) is 11.8 Å². The number of aromatic amines is 1. The second-order valence-corrected chi connectivity index (χ2v) is 6.54. The molecule has 0 spiro atoms. The Balaban J connectivity index is 1.78. The number of fused-ring (bicyclic) bond motifs is 1. The van der Waals surface area contributed by atoms with Crippen molar-refractivity contribution in [1.29, 1.82) is 0 Å². The van der Waals surface area contributed by atoms with E-state index in [2.05, 4.69) is 20.3 Å². The van der Waals surface area contributed by atoms with Crippen LogP contribution in [-0.4, -0.2) is 29.8 Å². The molecule has 0 atom stereocenters. The Morgan fingerprint density at radius 1 is 1.24 bits per heavy atom. The first-order chi connectivity index (χ1) is 12.3. The van der Waals surface area contributed by atoms with E-state index < -0.39 is 0 Å². The summed E-state index contributed by atoms with van der Waals surface area (Å²) in [5.41, 5.74) is 4.71. The van der Waals surface area contributed by atoms with Crippen LogP contribution in [0.1, 0.15) is 5.69 Å². The first-order valence-corrected chi connectivity index (χ1v) is 8.47. The molecule has 0 saturated heterocycles. The Morgan fingerprint density at radius 2 is 2.20 bits per heavy atom. The van der Waals surface area contributed by atoms with Crippen LogP contribution in [0.4, 0.5) is 0 Å². The van der Waals surface area contributed by atoms with Gasteiger partial charge in [-0.15, -0.1) is 21.5 Å². The van der Waals surface area contributed by atoms with Gasteiger partial charge in [0.1, 0.15) is 16.2 Å². The summed E-state index contributed by atoms with van der Waals surface area (Å²) in [6, 6.07) is 7.90. The summed E-state index contributed by atoms with van der Waals surface area (Å²) < 4.78 is 7.11. The summed E-state index contributed by atoms with van der Waals surface area (Å²) in [7, 11) is 0. The smallest absolute Gasteiger partial charge is 0.173 e. The van der Waals surface area contributed by atoms with E-state index in [4.69, 9.17) is 9.40 Å². The first-order valence-electron chi connectivity index (χ1n) is 7.65. The number of rotatable bonds is 3. The maximum atomic E-state index is 5.24. The second kappa shape index (κ2) is 5.38. The summed E-state index contributed by atoms with van der Waals surface area (Å²) in [4.78, 5) is 8.86. The maximum Gasteiger partial charge on any atom is 0.173 e. The molecule has 122 valence electrons. The van der Waals surface area contributed by atoms with Gasteiger partial charge in [0.15, 0.2) is 5.82 Å². The Bertz CT molecular complexity index is 1100. The van der Waals surface area contributed by atoms with Crippen molar-refractivity contribution in [3.8, 4) is 32.5 Å². The number of aromatic nitrogens is 6. The molecule has 5 heterocycles. The van der Waals surface area contributed by atoms with Gasteiger partial charge in [-0.1, -0.05) is 6.07 Å². The van der Waals surface area contributed by atoms with Gasteiger partial charge >= 0.3 is 0 Å². The Morgan fingerprint density at radius 3 is 3.00 bits per heavy atom. The lowest BCUT2D eigenvalue weighted by Gasteiger charge is -1.95. The fourth-order valence-electron chi connectivity index (χ4n) is 2.88. The van der Waals surface area contributed by atoms with Crippen LogP contribution in [0.15, 0.2) is 53.7 Å². The van der Waals surface area contributed by atoms with Crippen LogP contribution in [0, 0.1) is 6.92 Å². The number of hydrogen-bond donors (Lipinski definition) is 1. The van der Waals surface area contributed by atoms with E-state index in [9.17, 15) is 0 Å². The molecule has 0 aliphatic rings. The molecule has 0 radical (unpaired) electrons. The molecular weight excluding hydrogens is 336 g/mol. The fraction of sp³-hybridized carbons (Fsp3) is 0.0588. The predicted octanol–water partition coefficient (Wildman–Crippen LogP) is 3.81. The summed E-state index contributed by atoms with van der Waals surface area (Å²) in [5.74, 6) is 0.689. The number of pyridine rings is 1. The van der Waals surface area contributed by atoms with Crippen LogP contribution >= 0.6 is 11.3 Å². The molecule has 8 heteroatoms. The van der Waals surface area contributed by atoms with Crippen LogP contribution in [-0.2, 0) is 0 Å². The summed E-state index contributed by atoms with van der Waals surface area (Å²) >= 11 is 1.56. The van der Waals surface area contributed by atoms with Crippen molar-refractivity contribution >= 4 is 16.9 Å². The van der Waals surface area contributed by atoms with Crippen molar-refractivity contribution in [1.82, 2.24) is 29.8 Å². The van der Waals surface area contributed by atoms with Crippen LogP contribution < -0.4 is 0 Å². The highest BCUT2D eigenvalue weighted by atomic mass is 32.1. The molecule has 0 aliphatic carbocycles. The molecule has 25 heavy (non-hydrogen) atoms. The monoisotopic (exact) mass is 348 g/mol. The minimum atomic E-state index is 0.689. The third kappa shape index (κ3) is 2.18. The summed E-state index contributed by atoms with van der Waals surface area (Å²) in [6.45, 7) is 2.00. The number of nitrogens with one attached hydrogen (secondary N) is 1. The number of thiazole rings is 1. The molecule has 1 N–H and O–H groups in total. The van der Waals surface area contributed by atoms with Gasteiger partial charge in [-0.3, -0.25) is 0 Å². The van der Waals surface area contributed by atoms with Gasteiger partial charge < -0.3 is 9.40 Å². The van der Waals surface area contributed by atoms with Crippen molar-refractivity contribution < 1.29 is 4.42 Å². The Hall–Kier alpha value is -3.26. The Kier molecular flexibility index (Phi) is 3.04. The number of H-pyrrole nitrogens is 1. The SMILES string of the molecule is Cc1nn2ccccc2c1-c1nc(-c2ccoc2)c(-c2nnc[nH]2)s1. The standard InChI is InChI=1S/C17H12N6OS/c1-10-13(12-4-2-3-6-23(12)22-10)17-20-14(11-5-7-24-8-11)15(25-17)16-18-9-19-21-16/h2-9H,1H3,(H,18,19,21).